The Morgan fingerprint density at radius 3 is 2.47 bits per heavy atom. The molecule has 1 unspecified atom stereocenters. The van der Waals surface area contributed by atoms with Gasteiger partial charge in [-0.15, -0.1) is 0 Å². The molecule has 0 radical (unpaired) electrons. The van der Waals surface area contributed by atoms with Gasteiger partial charge in [0, 0.05) is 13.1 Å². The molecule has 17 heavy (non-hydrogen) atoms. The zero-order valence-corrected chi connectivity index (χ0v) is 11.7. The van der Waals surface area contributed by atoms with Crippen molar-refractivity contribution < 1.29 is 4.79 Å². The molecule has 1 amide bonds. The fraction of sp³-hybridized carbons (Fsp3) is 0.929. The van der Waals surface area contributed by atoms with E-state index in [1.807, 2.05) is 4.90 Å². The van der Waals surface area contributed by atoms with Gasteiger partial charge in [0.1, 0.15) is 0 Å². The number of rotatable bonds is 6. The number of nitrogens with zero attached hydrogens (tertiary/aromatic N) is 1. The quantitative estimate of drug-likeness (QED) is 0.773. The maximum atomic E-state index is 12.4. The molecule has 0 aromatic heterocycles. The molecule has 0 aromatic rings. The summed E-state index contributed by atoms with van der Waals surface area (Å²) in [4.78, 5) is 14.4. The lowest BCUT2D eigenvalue weighted by Crippen LogP contribution is -2.49. The van der Waals surface area contributed by atoms with Crippen LogP contribution >= 0.6 is 0 Å². The molecule has 1 rings (SSSR count). The second-order valence-electron chi connectivity index (χ2n) is 5.06. The number of hydrogen-bond acceptors (Lipinski definition) is 2. The van der Waals surface area contributed by atoms with Crippen LogP contribution in [0.3, 0.4) is 0 Å². The smallest absolute Gasteiger partial charge is 0.239 e. The van der Waals surface area contributed by atoms with E-state index >= 15 is 0 Å². The van der Waals surface area contributed by atoms with E-state index in [1.54, 1.807) is 0 Å². The van der Waals surface area contributed by atoms with Gasteiger partial charge >= 0.3 is 0 Å². The highest BCUT2D eigenvalue weighted by Gasteiger charge is 2.25. The normalized spacial score (nSPS) is 20.6. The summed E-state index contributed by atoms with van der Waals surface area (Å²) >= 11 is 0. The van der Waals surface area contributed by atoms with E-state index in [2.05, 4.69) is 26.1 Å². The number of piperidine rings is 1. The molecule has 0 spiro atoms. The van der Waals surface area contributed by atoms with Gasteiger partial charge in [-0.3, -0.25) is 4.79 Å². The van der Waals surface area contributed by atoms with Crippen LogP contribution in [0.2, 0.25) is 0 Å². The topological polar surface area (TPSA) is 32.3 Å². The first-order chi connectivity index (χ1) is 8.22. The van der Waals surface area contributed by atoms with Gasteiger partial charge < -0.3 is 10.2 Å². The SMILES string of the molecule is CCC(CC)CN(CC)C(=O)C1CCCCN1. The van der Waals surface area contributed by atoms with Gasteiger partial charge in [-0.1, -0.05) is 33.1 Å². The van der Waals surface area contributed by atoms with E-state index in [9.17, 15) is 4.79 Å². The molecule has 1 aliphatic rings. The van der Waals surface area contributed by atoms with Crippen LogP contribution in [0.4, 0.5) is 0 Å². The Bertz CT molecular complexity index is 220. The molecule has 0 saturated carbocycles. The highest BCUT2D eigenvalue weighted by atomic mass is 16.2. The third-order valence-corrected chi connectivity index (χ3v) is 3.94. The maximum absolute atomic E-state index is 12.4. The Morgan fingerprint density at radius 1 is 1.29 bits per heavy atom. The number of carbonyl (C=O) groups excluding carboxylic acids is 1. The molecule has 1 aliphatic heterocycles. The lowest BCUT2D eigenvalue weighted by Gasteiger charge is -2.31. The van der Waals surface area contributed by atoms with E-state index in [-0.39, 0.29) is 6.04 Å². The molecule has 100 valence electrons. The molecular weight excluding hydrogens is 212 g/mol. The first-order valence-electron chi connectivity index (χ1n) is 7.25. The molecule has 1 N–H and O–H groups in total. The maximum Gasteiger partial charge on any atom is 0.239 e. The first kappa shape index (κ1) is 14.5. The summed E-state index contributed by atoms with van der Waals surface area (Å²) in [7, 11) is 0. The van der Waals surface area contributed by atoms with Crippen LogP contribution in [0.5, 0.6) is 0 Å². The molecule has 1 heterocycles. The summed E-state index contributed by atoms with van der Waals surface area (Å²) in [5, 5.41) is 3.35. The predicted octanol–water partition coefficient (Wildman–Crippen LogP) is 2.41. The van der Waals surface area contributed by atoms with Crippen molar-refractivity contribution in [3.05, 3.63) is 0 Å². The van der Waals surface area contributed by atoms with Crippen molar-refractivity contribution in [3.8, 4) is 0 Å². The van der Waals surface area contributed by atoms with Crippen LogP contribution in [0, 0.1) is 5.92 Å². The van der Waals surface area contributed by atoms with E-state index < -0.39 is 0 Å². The number of amides is 1. The van der Waals surface area contributed by atoms with Crippen LogP contribution in [0.15, 0.2) is 0 Å². The number of carbonyl (C=O) groups is 1. The van der Waals surface area contributed by atoms with Gasteiger partial charge in [0.25, 0.3) is 0 Å². The Kier molecular flexibility index (Phi) is 6.56. The van der Waals surface area contributed by atoms with Crippen LogP contribution in [-0.4, -0.2) is 36.5 Å². The lowest BCUT2D eigenvalue weighted by molar-refractivity contribution is -0.134. The van der Waals surface area contributed by atoms with Gasteiger partial charge in [0.15, 0.2) is 0 Å². The van der Waals surface area contributed by atoms with E-state index in [0.717, 1.165) is 26.1 Å². The highest BCUT2D eigenvalue weighted by molar-refractivity contribution is 5.82. The fourth-order valence-electron chi connectivity index (χ4n) is 2.52. The Labute approximate surface area is 106 Å². The molecule has 0 aliphatic carbocycles. The van der Waals surface area contributed by atoms with Crippen LogP contribution < -0.4 is 5.32 Å². The zero-order chi connectivity index (χ0) is 12.7. The van der Waals surface area contributed by atoms with Gasteiger partial charge in [-0.05, 0) is 32.2 Å². The summed E-state index contributed by atoms with van der Waals surface area (Å²) in [6, 6.07) is 0.0815. The van der Waals surface area contributed by atoms with E-state index in [0.29, 0.717) is 11.8 Å². The van der Waals surface area contributed by atoms with Crippen molar-refractivity contribution in [2.24, 2.45) is 5.92 Å². The molecule has 0 bridgehead atoms. The van der Waals surface area contributed by atoms with Crippen molar-refractivity contribution in [1.29, 1.82) is 0 Å². The number of hydrogen-bond donors (Lipinski definition) is 1. The zero-order valence-electron chi connectivity index (χ0n) is 11.7. The van der Waals surface area contributed by atoms with Gasteiger partial charge in [-0.25, -0.2) is 0 Å². The first-order valence-corrected chi connectivity index (χ1v) is 7.25. The number of nitrogens with one attached hydrogen (secondary N) is 1. The van der Waals surface area contributed by atoms with Crippen LogP contribution in [-0.2, 0) is 4.79 Å². The van der Waals surface area contributed by atoms with Crippen molar-refractivity contribution in [2.75, 3.05) is 19.6 Å². The van der Waals surface area contributed by atoms with Crippen molar-refractivity contribution >= 4 is 5.91 Å². The van der Waals surface area contributed by atoms with E-state index in [1.165, 1.54) is 25.7 Å². The Balaban J connectivity index is 2.50. The minimum Gasteiger partial charge on any atom is -0.341 e. The van der Waals surface area contributed by atoms with Gasteiger partial charge in [0.2, 0.25) is 5.91 Å². The van der Waals surface area contributed by atoms with Crippen LogP contribution in [0.25, 0.3) is 0 Å². The summed E-state index contributed by atoms with van der Waals surface area (Å²) in [5.74, 6) is 0.974. The summed E-state index contributed by atoms with van der Waals surface area (Å²) in [6.07, 6.45) is 5.74. The minimum absolute atomic E-state index is 0.0815. The Hall–Kier alpha value is -0.570. The largest absolute Gasteiger partial charge is 0.341 e. The molecule has 0 aromatic carbocycles. The average Bonchev–Trinajstić information content (AvgIpc) is 2.40. The van der Waals surface area contributed by atoms with Crippen molar-refractivity contribution in [1.82, 2.24) is 10.2 Å². The minimum atomic E-state index is 0.0815. The second kappa shape index (κ2) is 7.70. The third kappa shape index (κ3) is 4.30. The predicted molar refractivity (Wildman–Crippen MR) is 72.0 cm³/mol. The summed E-state index contributed by atoms with van der Waals surface area (Å²) in [6.45, 7) is 9.28. The molecule has 3 heteroatoms. The number of likely N-dealkylation sites (N-methyl/N-ethyl adjacent to an activating group) is 1. The standard InChI is InChI=1S/C14H28N2O/c1-4-12(5-2)11-16(6-3)14(17)13-9-7-8-10-15-13/h12-13,15H,4-11H2,1-3H3. The van der Waals surface area contributed by atoms with E-state index in [4.69, 9.17) is 0 Å². The average molecular weight is 240 g/mol. The monoisotopic (exact) mass is 240 g/mol. The fourth-order valence-corrected chi connectivity index (χ4v) is 2.52. The van der Waals surface area contributed by atoms with Gasteiger partial charge in [0.05, 0.1) is 6.04 Å². The molecule has 3 nitrogen and oxygen atoms in total. The van der Waals surface area contributed by atoms with Crippen molar-refractivity contribution in [2.45, 2.75) is 58.9 Å². The summed E-state index contributed by atoms with van der Waals surface area (Å²) in [5.41, 5.74) is 0. The molecule has 1 fully saturated rings. The Morgan fingerprint density at radius 2 is 2.00 bits per heavy atom. The molecule has 1 saturated heterocycles. The summed E-state index contributed by atoms with van der Waals surface area (Å²) < 4.78 is 0. The lowest BCUT2D eigenvalue weighted by atomic mass is 10.0. The third-order valence-electron chi connectivity index (χ3n) is 3.94. The highest BCUT2D eigenvalue weighted by Crippen LogP contribution is 2.14. The van der Waals surface area contributed by atoms with Gasteiger partial charge in [-0.2, -0.15) is 0 Å². The second-order valence-corrected chi connectivity index (χ2v) is 5.06. The molecular formula is C14H28N2O. The van der Waals surface area contributed by atoms with Crippen LogP contribution in [0.1, 0.15) is 52.9 Å². The van der Waals surface area contributed by atoms with Crippen molar-refractivity contribution in [3.63, 3.8) is 0 Å². The molecule has 1 atom stereocenters.